The molecule has 0 radical (unpaired) electrons. The van der Waals surface area contributed by atoms with Gasteiger partial charge in [0.2, 0.25) is 0 Å². The van der Waals surface area contributed by atoms with Gasteiger partial charge in [-0.25, -0.2) is 9.48 Å². The molecule has 0 bridgehead atoms. The summed E-state index contributed by atoms with van der Waals surface area (Å²) in [6.07, 6.45) is 6.27. The van der Waals surface area contributed by atoms with E-state index in [1.807, 2.05) is 24.5 Å². The number of alkyl halides is 2. The van der Waals surface area contributed by atoms with Crippen LogP contribution in [0.15, 0.2) is 35.5 Å². The van der Waals surface area contributed by atoms with Gasteiger partial charge in [-0.3, -0.25) is 4.79 Å². The zero-order chi connectivity index (χ0) is 23.4. The van der Waals surface area contributed by atoms with Crippen molar-refractivity contribution >= 4 is 5.97 Å². The first-order valence-electron chi connectivity index (χ1n) is 10.9. The Morgan fingerprint density at radius 1 is 1.27 bits per heavy atom. The molecule has 2 aliphatic rings. The van der Waals surface area contributed by atoms with E-state index in [2.05, 4.69) is 5.10 Å². The quantitative estimate of drug-likeness (QED) is 0.624. The summed E-state index contributed by atoms with van der Waals surface area (Å²) in [5, 5.41) is 13.3. The van der Waals surface area contributed by atoms with Crippen molar-refractivity contribution in [1.29, 1.82) is 0 Å². The maximum absolute atomic E-state index is 13.1. The highest BCUT2D eigenvalue weighted by atomic mass is 19.3. The lowest BCUT2D eigenvalue weighted by atomic mass is 9.81. The SMILES string of the molecule is CC(C)C1Cc2cc(-c3cnn(C(F)F)c3)c3c(c2-c2cc(=O)c(C(=O)O)cn21)CCCO3. The molecule has 1 aromatic carbocycles. The van der Waals surface area contributed by atoms with Gasteiger partial charge < -0.3 is 14.4 Å². The molecule has 0 spiro atoms. The Bertz CT molecular complexity index is 1330. The summed E-state index contributed by atoms with van der Waals surface area (Å²) >= 11 is 0. The van der Waals surface area contributed by atoms with Crippen LogP contribution in [0.4, 0.5) is 8.78 Å². The third kappa shape index (κ3) is 3.42. The van der Waals surface area contributed by atoms with Crippen molar-refractivity contribution in [2.24, 2.45) is 5.92 Å². The molecule has 0 fully saturated rings. The Hall–Kier alpha value is -3.49. The van der Waals surface area contributed by atoms with E-state index in [-0.39, 0.29) is 17.5 Å². The summed E-state index contributed by atoms with van der Waals surface area (Å²) < 4.78 is 34.8. The van der Waals surface area contributed by atoms with Gasteiger partial charge in [-0.2, -0.15) is 13.9 Å². The summed E-state index contributed by atoms with van der Waals surface area (Å²) in [5.41, 5.74) is 3.89. The Morgan fingerprint density at radius 3 is 2.73 bits per heavy atom. The lowest BCUT2D eigenvalue weighted by molar-refractivity contribution is 0.0566. The minimum Gasteiger partial charge on any atom is -0.493 e. The maximum Gasteiger partial charge on any atom is 0.341 e. The van der Waals surface area contributed by atoms with Gasteiger partial charge in [0, 0.05) is 46.8 Å². The van der Waals surface area contributed by atoms with Crippen LogP contribution in [0.1, 0.15) is 54.3 Å². The minimum absolute atomic E-state index is 0.0644. The Balaban J connectivity index is 1.78. The van der Waals surface area contributed by atoms with Crippen LogP contribution in [0.5, 0.6) is 5.75 Å². The van der Waals surface area contributed by atoms with E-state index in [4.69, 9.17) is 4.74 Å². The largest absolute Gasteiger partial charge is 0.493 e. The van der Waals surface area contributed by atoms with Gasteiger partial charge in [-0.05, 0) is 36.8 Å². The van der Waals surface area contributed by atoms with Crippen molar-refractivity contribution in [2.75, 3.05) is 6.61 Å². The lowest BCUT2D eigenvalue weighted by Gasteiger charge is -2.36. The lowest BCUT2D eigenvalue weighted by Crippen LogP contribution is -2.29. The van der Waals surface area contributed by atoms with Gasteiger partial charge in [-0.1, -0.05) is 13.8 Å². The topological polar surface area (TPSA) is 86.4 Å². The summed E-state index contributed by atoms with van der Waals surface area (Å²) in [6.45, 7) is 1.86. The van der Waals surface area contributed by atoms with Crippen LogP contribution in [-0.2, 0) is 12.8 Å². The predicted octanol–water partition coefficient (Wildman–Crippen LogP) is 4.55. The standard InChI is InChI=1S/C24H23F2N3O4/c1-12(2)18-7-13-6-16(14-9-27-29(10-14)24(25)26)22-15(4-3-5-33-22)21(13)19-8-20(30)17(23(31)32)11-28(18)19/h6,8-12,18,24H,3-5,7H2,1-2H3,(H,31,32). The molecule has 1 atom stereocenters. The third-order valence-electron chi connectivity index (χ3n) is 6.51. The minimum atomic E-state index is -2.74. The Morgan fingerprint density at radius 2 is 2.06 bits per heavy atom. The van der Waals surface area contributed by atoms with Crippen molar-refractivity contribution in [3.05, 3.63) is 57.6 Å². The zero-order valence-corrected chi connectivity index (χ0v) is 18.2. The van der Waals surface area contributed by atoms with Crippen molar-refractivity contribution in [3.63, 3.8) is 0 Å². The van der Waals surface area contributed by atoms with Crippen LogP contribution < -0.4 is 10.2 Å². The molecule has 0 aliphatic carbocycles. The van der Waals surface area contributed by atoms with Crippen LogP contribution in [0.2, 0.25) is 0 Å². The van der Waals surface area contributed by atoms with Crippen LogP contribution in [0, 0.1) is 5.92 Å². The van der Waals surface area contributed by atoms with Gasteiger partial charge in [-0.15, -0.1) is 0 Å². The number of nitrogens with zero attached hydrogens (tertiary/aromatic N) is 3. The van der Waals surface area contributed by atoms with E-state index >= 15 is 0 Å². The molecule has 0 amide bonds. The number of hydrogen-bond acceptors (Lipinski definition) is 4. The summed E-state index contributed by atoms with van der Waals surface area (Å²) in [4.78, 5) is 24.3. The second-order valence-electron chi connectivity index (χ2n) is 8.87. The molecule has 172 valence electrons. The summed E-state index contributed by atoms with van der Waals surface area (Å²) in [7, 11) is 0. The van der Waals surface area contributed by atoms with Crippen molar-refractivity contribution in [1.82, 2.24) is 14.3 Å². The van der Waals surface area contributed by atoms with E-state index in [0.717, 1.165) is 23.1 Å². The predicted molar refractivity (Wildman–Crippen MR) is 117 cm³/mol. The number of carboxylic acids is 1. The van der Waals surface area contributed by atoms with Crippen molar-refractivity contribution < 1.29 is 23.4 Å². The Kier molecular flexibility index (Phi) is 5.07. The second kappa shape index (κ2) is 7.83. The van der Waals surface area contributed by atoms with E-state index in [1.54, 1.807) is 0 Å². The molecule has 5 rings (SSSR count). The first-order chi connectivity index (χ1) is 15.8. The number of halogens is 2. The van der Waals surface area contributed by atoms with Gasteiger partial charge >= 0.3 is 12.5 Å². The number of rotatable bonds is 4. The molecule has 7 nitrogen and oxygen atoms in total. The van der Waals surface area contributed by atoms with Crippen molar-refractivity contribution in [2.45, 2.75) is 45.7 Å². The number of ether oxygens (including phenoxy) is 1. The molecule has 0 saturated carbocycles. The number of carboxylic acid groups (broad SMARTS) is 1. The summed E-state index contributed by atoms with van der Waals surface area (Å²) in [5.74, 6) is -0.475. The molecule has 3 aromatic rings. The highest BCUT2D eigenvalue weighted by molar-refractivity contribution is 5.88. The number of aromatic carboxylic acids is 1. The van der Waals surface area contributed by atoms with Crippen LogP contribution in [0.3, 0.4) is 0 Å². The molecule has 2 aromatic heterocycles. The molecular weight excluding hydrogens is 432 g/mol. The molecule has 1 N–H and O–H groups in total. The number of hydrogen-bond donors (Lipinski definition) is 1. The van der Waals surface area contributed by atoms with Crippen LogP contribution in [0.25, 0.3) is 22.4 Å². The maximum atomic E-state index is 13.1. The van der Waals surface area contributed by atoms with E-state index < -0.39 is 17.9 Å². The first-order valence-corrected chi connectivity index (χ1v) is 10.9. The highest BCUT2D eigenvalue weighted by Crippen LogP contribution is 2.48. The number of benzene rings is 1. The van der Waals surface area contributed by atoms with Gasteiger partial charge in [0.1, 0.15) is 11.3 Å². The van der Waals surface area contributed by atoms with Crippen LogP contribution in [-0.4, -0.2) is 32.0 Å². The zero-order valence-electron chi connectivity index (χ0n) is 18.2. The van der Waals surface area contributed by atoms with E-state index in [9.17, 15) is 23.5 Å². The highest BCUT2D eigenvalue weighted by Gasteiger charge is 2.33. The monoisotopic (exact) mass is 455 g/mol. The Labute approximate surface area is 188 Å². The fraction of sp³-hybridized carbons (Fsp3) is 0.375. The smallest absolute Gasteiger partial charge is 0.341 e. The normalized spacial score (nSPS) is 16.8. The molecule has 1 unspecified atom stereocenters. The average molecular weight is 455 g/mol. The molecular formula is C24H23F2N3O4. The fourth-order valence-electron chi connectivity index (χ4n) is 4.95. The average Bonchev–Trinajstić information content (AvgIpc) is 3.27. The van der Waals surface area contributed by atoms with Gasteiger partial charge in [0.25, 0.3) is 0 Å². The molecule has 4 heterocycles. The second-order valence-corrected chi connectivity index (χ2v) is 8.87. The third-order valence-corrected chi connectivity index (χ3v) is 6.51. The number of fused-ring (bicyclic) bond motifs is 5. The number of carbonyl (C=O) groups is 1. The first kappa shape index (κ1) is 21.4. The van der Waals surface area contributed by atoms with E-state index in [0.29, 0.717) is 46.7 Å². The van der Waals surface area contributed by atoms with Crippen LogP contribution >= 0.6 is 0 Å². The number of pyridine rings is 1. The van der Waals surface area contributed by atoms with Gasteiger partial charge in [0.05, 0.1) is 18.5 Å². The van der Waals surface area contributed by atoms with E-state index in [1.165, 1.54) is 24.7 Å². The molecule has 33 heavy (non-hydrogen) atoms. The molecule has 2 aliphatic heterocycles. The van der Waals surface area contributed by atoms with Gasteiger partial charge in [0.15, 0.2) is 5.43 Å². The number of aromatic nitrogens is 3. The van der Waals surface area contributed by atoms with Crippen molar-refractivity contribution in [3.8, 4) is 28.1 Å². The fourth-order valence-corrected chi connectivity index (χ4v) is 4.95. The summed E-state index contributed by atoms with van der Waals surface area (Å²) in [6, 6.07) is 3.28. The molecule has 0 saturated heterocycles. The molecule has 9 heteroatoms.